The molecule has 0 N–H and O–H groups in total. The maximum Gasteiger partial charge on any atom is 0.269 e. The van der Waals surface area contributed by atoms with Crippen LogP contribution in [-0.2, 0) is 4.79 Å². The summed E-state index contributed by atoms with van der Waals surface area (Å²) in [5.41, 5.74) is 2.35. The third kappa shape index (κ3) is 3.91. The Kier molecular flexibility index (Phi) is 5.16. The van der Waals surface area contributed by atoms with E-state index in [1.807, 2.05) is 17.0 Å². The molecule has 4 rings (SSSR count). The van der Waals surface area contributed by atoms with Crippen molar-refractivity contribution in [3.63, 3.8) is 0 Å². The van der Waals surface area contributed by atoms with E-state index in [0.717, 1.165) is 17.8 Å². The molecule has 0 aliphatic carbocycles. The number of nitro benzene ring substituents is 1. The Morgan fingerprint density at radius 3 is 2.28 bits per heavy atom. The highest BCUT2D eigenvalue weighted by atomic mass is 16.6. The average molecular weight is 394 g/mol. The molecule has 2 amide bonds. The van der Waals surface area contributed by atoms with E-state index in [9.17, 15) is 19.7 Å². The zero-order valence-electron chi connectivity index (χ0n) is 16.0. The zero-order chi connectivity index (χ0) is 20.4. The van der Waals surface area contributed by atoms with Gasteiger partial charge in [0.15, 0.2) is 0 Å². The Labute approximate surface area is 168 Å². The van der Waals surface area contributed by atoms with E-state index in [1.165, 1.54) is 12.1 Å². The van der Waals surface area contributed by atoms with Gasteiger partial charge >= 0.3 is 0 Å². The van der Waals surface area contributed by atoms with Crippen LogP contribution in [0.3, 0.4) is 0 Å². The highest BCUT2D eigenvalue weighted by Crippen LogP contribution is 2.24. The quantitative estimate of drug-likeness (QED) is 0.588. The van der Waals surface area contributed by atoms with Crippen molar-refractivity contribution in [1.29, 1.82) is 0 Å². The molecule has 2 saturated heterocycles. The van der Waals surface area contributed by atoms with Crippen LogP contribution in [0.15, 0.2) is 48.5 Å². The molecule has 2 heterocycles. The lowest BCUT2D eigenvalue weighted by Gasteiger charge is -2.36. The molecule has 0 aromatic heterocycles. The molecule has 0 atom stereocenters. The SMILES string of the molecule is O=C(c1cccc(N2CCCC2=O)c1)N1CCN(c2ccc([N+](=O)[O-])cc2)CC1. The van der Waals surface area contributed by atoms with Gasteiger partial charge in [0.1, 0.15) is 0 Å². The first-order chi connectivity index (χ1) is 14.0. The Morgan fingerprint density at radius 2 is 1.66 bits per heavy atom. The molecule has 2 fully saturated rings. The number of carbonyl (C=O) groups excluding carboxylic acids is 2. The van der Waals surface area contributed by atoms with Crippen molar-refractivity contribution in [2.24, 2.45) is 0 Å². The van der Waals surface area contributed by atoms with Gasteiger partial charge in [-0.3, -0.25) is 19.7 Å². The van der Waals surface area contributed by atoms with Gasteiger partial charge in [0.2, 0.25) is 5.91 Å². The van der Waals surface area contributed by atoms with Gasteiger partial charge in [-0.1, -0.05) is 6.07 Å². The summed E-state index contributed by atoms with van der Waals surface area (Å²) >= 11 is 0. The predicted molar refractivity (Wildman–Crippen MR) is 109 cm³/mol. The van der Waals surface area contributed by atoms with Crippen molar-refractivity contribution in [3.05, 3.63) is 64.2 Å². The number of amides is 2. The monoisotopic (exact) mass is 394 g/mol. The van der Waals surface area contributed by atoms with E-state index in [1.54, 1.807) is 29.2 Å². The van der Waals surface area contributed by atoms with E-state index in [0.29, 0.717) is 44.7 Å². The summed E-state index contributed by atoms with van der Waals surface area (Å²) in [5.74, 6) is 0.0631. The highest BCUT2D eigenvalue weighted by Gasteiger charge is 2.25. The minimum Gasteiger partial charge on any atom is -0.368 e. The maximum atomic E-state index is 12.9. The summed E-state index contributed by atoms with van der Waals surface area (Å²) in [4.78, 5) is 41.0. The molecule has 2 aliphatic rings. The Morgan fingerprint density at radius 1 is 0.931 bits per heavy atom. The van der Waals surface area contributed by atoms with Crippen LogP contribution < -0.4 is 9.80 Å². The minimum absolute atomic E-state index is 0.0400. The smallest absolute Gasteiger partial charge is 0.269 e. The van der Waals surface area contributed by atoms with Crippen LogP contribution >= 0.6 is 0 Å². The first kappa shape index (κ1) is 18.9. The van der Waals surface area contributed by atoms with Crippen LogP contribution in [0.5, 0.6) is 0 Å². The van der Waals surface area contributed by atoms with Crippen molar-refractivity contribution >= 4 is 28.9 Å². The molecule has 0 spiro atoms. The number of nitrogens with zero attached hydrogens (tertiary/aromatic N) is 4. The fraction of sp³-hybridized carbons (Fsp3) is 0.333. The lowest BCUT2D eigenvalue weighted by atomic mass is 10.1. The van der Waals surface area contributed by atoms with Gasteiger partial charge in [-0.25, -0.2) is 0 Å². The molecule has 0 radical (unpaired) electrons. The van der Waals surface area contributed by atoms with Gasteiger partial charge in [-0.2, -0.15) is 0 Å². The standard InChI is InChI=1S/C21H22N4O4/c26-20-5-2-10-24(20)19-4-1-3-16(15-19)21(27)23-13-11-22(12-14-23)17-6-8-18(9-7-17)25(28)29/h1,3-4,6-9,15H,2,5,10-14H2. The summed E-state index contributed by atoms with van der Waals surface area (Å²) < 4.78 is 0. The Balaban J connectivity index is 1.40. The van der Waals surface area contributed by atoms with Gasteiger partial charge in [-0.15, -0.1) is 0 Å². The number of piperazine rings is 1. The fourth-order valence-electron chi connectivity index (χ4n) is 3.86. The van der Waals surface area contributed by atoms with E-state index >= 15 is 0 Å². The van der Waals surface area contributed by atoms with E-state index < -0.39 is 4.92 Å². The molecule has 0 bridgehead atoms. The third-order valence-electron chi connectivity index (χ3n) is 5.47. The molecule has 0 unspecified atom stereocenters. The van der Waals surface area contributed by atoms with Gasteiger partial charge in [0.25, 0.3) is 11.6 Å². The van der Waals surface area contributed by atoms with Crippen LogP contribution in [0, 0.1) is 10.1 Å². The van der Waals surface area contributed by atoms with Crippen LogP contribution in [0.4, 0.5) is 17.1 Å². The van der Waals surface area contributed by atoms with Gasteiger partial charge < -0.3 is 14.7 Å². The van der Waals surface area contributed by atoms with Gasteiger partial charge in [0.05, 0.1) is 4.92 Å². The maximum absolute atomic E-state index is 12.9. The molecule has 29 heavy (non-hydrogen) atoms. The molecule has 2 aromatic carbocycles. The highest BCUT2D eigenvalue weighted by molar-refractivity contribution is 5.99. The van der Waals surface area contributed by atoms with E-state index in [2.05, 4.69) is 4.90 Å². The Bertz CT molecular complexity index is 936. The summed E-state index contributed by atoms with van der Waals surface area (Å²) in [7, 11) is 0. The number of nitro groups is 1. The second kappa shape index (κ2) is 7.90. The average Bonchev–Trinajstić information content (AvgIpc) is 3.19. The summed E-state index contributed by atoms with van der Waals surface area (Å²) in [5, 5.41) is 10.8. The van der Waals surface area contributed by atoms with Crippen molar-refractivity contribution in [1.82, 2.24) is 4.90 Å². The molecule has 8 nitrogen and oxygen atoms in total. The lowest BCUT2D eigenvalue weighted by Crippen LogP contribution is -2.48. The van der Waals surface area contributed by atoms with Crippen molar-refractivity contribution in [3.8, 4) is 0 Å². The molecule has 0 saturated carbocycles. The van der Waals surface area contributed by atoms with Crippen LogP contribution in [0.2, 0.25) is 0 Å². The van der Waals surface area contributed by atoms with Gasteiger partial charge in [0, 0.05) is 68.2 Å². The fourth-order valence-corrected chi connectivity index (χ4v) is 3.86. The predicted octanol–water partition coefficient (Wildman–Crippen LogP) is 2.68. The number of anilines is 2. The lowest BCUT2D eigenvalue weighted by molar-refractivity contribution is -0.384. The Hall–Kier alpha value is -3.42. The summed E-state index contributed by atoms with van der Waals surface area (Å²) in [6, 6.07) is 13.8. The number of hydrogen-bond donors (Lipinski definition) is 0. The molecule has 150 valence electrons. The molecule has 8 heteroatoms. The normalized spacial score (nSPS) is 17.0. The van der Waals surface area contributed by atoms with Crippen molar-refractivity contribution in [2.75, 3.05) is 42.5 Å². The third-order valence-corrected chi connectivity index (χ3v) is 5.47. The van der Waals surface area contributed by atoms with E-state index in [-0.39, 0.29) is 17.5 Å². The largest absolute Gasteiger partial charge is 0.368 e. The van der Waals surface area contributed by atoms with Crippen LogP contribution in [0.1, 0.15) is 23.2 Å². The number of benzene rings is 2. The molecule has 2 aliphatic heterocycles. The summed E-state index contributed by atoms with van der Waals surface area (Å²) in [6.45, 7) is 3.16. The van der Waals surface area contributed by atoms with E-state index in [4.69, 9.17) is 0 Å². The first-order valence-corrected chi connectivity index (χ1v) is 9.72. The second-order valence-electron chi connectivity index (χ2n) is 7.25. The minimum atomic E-state index is -0.412. The number of hydrogen-bond acceptors (Lipinski definition) is 5. The second-order valence-corrected chi connectivity index (χ2v) is 7.25. The van der Waals surface area contributed by atoms with Gasteiger partial charge in [-0.05, 0) is 36.8 Å². The number of rotatable bonds is 4. The number of non-ortho nitro benzene ring substituents is 1. The van der Waals surface area contributed by atoms with Crippen molar-refractivity contribution in [2.45, 2.75) is 12.8 Å². The zero-order valence-corrected chi connectivity index (χ0v) is 16.0. The van der Waals surface area contributed by atoms with Crippen LogP contribution in [0.25, 0.3) is 0 Å². The molecular formula is C21H22N4O4. The van der Waals surface area contributed by atoms with Crippen molar-refractivity contribution < 1.29 is 14.5 Å². The molecule has 2 aromatic rings. The first-order valence-electron chi connectivity index (χ1n) is 9.72. The summed E-state index contributed by atoms with van der Waals surface area (Å²) in [6.07, 6.45) is 1.41. The number of carbonyl (C=O) groups is 2. The molecular weight excluding hydrogens is 372 g/mol. The topological polar surface area (TPSA) is 87.0 Å². The van der Waals surface area contributed by atoms with Crippen LogP contribution in [-0.4, -0.2) is 54.4 Å².